The Bertz CT molecular complexity index is 1770. The zero-order chi connectivity index (χ0) is 33.2. The van der Waals surface area contributed by atoms with Crippen LogP contribution in [-0.4, -0.2) is 70.2 Å². The first-order chi connectivity index (χ1) is 22.5. The second kappa shape index (κ2) is 13.9. The van der Waals surface area contributed by atoms with Gasteiger partial charge in [0.05, 0.1) is 17.2 Å². The maximum absolute atomic E-state index is 13.5. The van der Waals surface area contributed by atoms with E-state index in [0.717, 1.165) is 70.5 Å². The van der Waals surface area contributed by atoms with E-state index in [1.807, 2.05) is 5.38 Å². The van der Waals surface area contributed by atoms with Crippen molar-refractivity contribution < 1.29 is 15.0 Å². The van der Waals surface area contributed by atoms with Crippen LogP contribution in [0.3, 0.4) is 0 Å². The number of aromatic nitrogens is 1. The molecular weight excluding hydrogens is 609 g/mol. The Hall–Kier alpha value is -3.50. The number of thiophene rings is 1. The number of phenolic OH excluding ortho intramolecular Hbond substituents is 1. The predicted octanol–water partition coefficient (Wildman–Crippen LogP) is 5.88. The number of aliphatic hydroxyl groups is 1. The molecule has 8 nitrogen and oxygen atoms in total. The summed E-state index contributed by atoms with van der Waals surface area (Å²) in [5, 5.41) is 27.0. The molecule has 2 saturated heterocycles. The minimum Gasteiger partial charge on any atom is -0.506 e. The van der Waals surface area contributed by atoms with Crippen LogP contribution in [0.4, 0.5) is 0 Å². The summed E-state index contributed by atoms with van der Waals surface area (Å²) in [7, 11) is 0. The molecule has 0 unspecified atom stereocenters. The molecule has 47 heavy (non-hydrogen) atoms. The number of hydrogen-bond acceptors (Lipinski definition) is 7. The fourth-order valence-electron chi connectivity index (χ4n) is 7.90. The topological polar surface area (TPSA) is 109 Å². The second-order valence-electron chi connectivity index (χ2n) is 14.5. The molecule has 4 N–H and O–H groups in total. The largest absolute Gasteiger partial charge is 0.506 e. The molecule has 2 aromatic heterocycles. The van der Waals surface area contributed by atoms with Crippen LogP contribution < -0.4 is 10.9 Å². The number of carbonyl (C=O) groups excluding carboxylic acids is 1. The summed E-state index contributed by atoms with van der Waals surface area (Å²) in [6.45, 7) is 12.6. The van der Waals surface area contributed by atoms with Crippen LogP contribution in [0.5, 0.6) is 5.75 Å². The van der Waals surface area contributed by atoms with Crippen molar-refractivity contribution in [2.45, 2.75) is 65.5 Å². The molecule has 2 aliphatic rings. The number of phenols is 1. The molecule has 4 aromatic rings. The lowest BCUT2D eigenvalue weighted by Gasteiger charge is -2.53. The average molecular weight is 657 g/mol. The zero-order valence-corrected chi connectivity index (χ0v) is 28.7. The third-order valence-corrected chi connectivity index (χ3v) is 11.1. The molecule has 0 radical (unpaired) electrons. The molecule has 250 valence electrons. The van der Waals surface area contributed by atoms with Crippen LogP contribution in [0.2, 0.25) is 0 Å². The Labute approximate surface area is 281 Å². The molecular formula is C38H48N4O4S. The molecule has 1 spiro atoms. The Morgan fingerprint density at radius 2 is 1.85 bits per heavy atom. The minimum absolute atomic E-state index is 0.0122. The normalized spacial score (nSPS) is 18.5. The maximum atomic E-state index is 13.5. The number of carbonyl (C=O) groups is 1. The molecule has 2 aliphatic heterocycles. The number of pyridine rings is 1. The lowest BCUT2D eigenvalue weighted by molar-refractivity contribution is -0.0254. The first-order valence-electron chi connectivity index (χ1n) is 16.9. The van der Waals surface area contributed by atoms with Crippen molar-refractivity contribution in [1.82, 2.24) is 20.1 Å². The second-order valence-corrected chi connectivity index (χ2v) is 15.5. The van der Waals surface area contributed by atoms with Crippen LogP contribution in [0.25, 0.3) is 10.9 Å². The smallest absolute Gasteiger partial charge is 0.254 e. The molecule has 1 atom stereocenters. The van der Waals surface area contributed by atoms with Crippen LogP contribution in [0.15, 0.2) is 64.8 Å². The van der Waals surface area contributed by atoms with Crippen LogP contribution in [-0.2, 0) is 19.4 Å². The van der Waals surface area contributed by atoms with Crippen molar-refractivity contribution in [3.63, 3.8) is 0 Å². The average Bonchev–Trinajstić information content (AvgIpc) is 3.53. The summed E-state index contributed by atoms with van der Waals surface area (Å²) in [5.41, 5.74) is 4.42. The Balaban J connectivity index is 0.997. The monoisotopic (exact) mass is 656 g/mol. The van der Waals surface area contributed by atoms with E-state index in [9.17, 15) is 19.8 Å². The Kier molecular flexibility index (Phi) is 9.90. The van der Waals surface area contributed by atoms with E-state index in [1.165, 1.54) is 34.6 Å². The van der Waals surface area contributed by atoms with Gasteiger partial charge in [0.25, 0.3) is 5.91 Å². The van der Waals surface area contributed by atoms with Gasteiger partial charge >= 0.3 is 0 Å². The first-order valence-corrected chi connectivity index (χ1v) is 17.8. The minimum atomic E-state index is -0.776. The number of benzene rings is 2. The SMILES string of the molecule is CCc1cc(C(=O)N2CC(C)(C)CC3(CCN(Cc4cccc(CCNC[C@H](O)c5ccc(O)c6[nH]c(=O)ccc56)c4)CC3)C2)cs1. The van der Waals surface area contributed by atoms with Crippen LogP contribution in [0, 0.1) is 10.8 Å². The van der Waals surface area contributed by atoms with Crippen molar-refractivity contribution in [3.8, 4) is 5.75 Å². The van der Waals surface area contributed by atoms with Gasteiger partial charge in [0.1, 0.15) is 5.75 Å². The van der Waals surface area contributed by atoms with E-state index in [0.29, 0.717) is 23.0 Å². The van der Waals surface area contributed by atoms with Crippen molar-refractivity contribution in [3.05, 3.63) is 97.5 Å². The first kappa shape index (κ1) is 33.4. The molecule has 2 fully saturated rings. The number of nitrogens with zero attached hydrogens (tertiary/aromatic N) is 2. The molecule has 9 heteroatoms. The molecule has 6 rings (SSSR count). The van der Waals surface area contributed by atoms with Crippen molar-refractivity contribution in [2.75, 3.05) is 39.3 Å². The lowest BCUT2D eigenvalue weighted by Crippen LogP contribution is -2.56. The van der Waals surface area contributed by atoms with Gasteiger partial charge in [0.2, 0.25) is 5.56 Å². The number of hydrogen-bond donors (Lipinski definition) is 4. The van der Waals surface area contributed by atoms with Crippen molar-refractivity contribution >= 4 is 28.1 Å². The number of aromatic hydroxyl groups is 1. The third-order valence-electron chi connectivity index (χ3n) is 10.0. The standard InChI is InChI=1S/C38H48N4O4S/c1-4-29-19-28(22-47-29)36(46)42-24-37(2,3)23-38(25-42)13-16-41(17-14-38)21-27-7-5-6-26(18-27)12-15-39-20-33(44)30-8-10-32(43)35-31(30)9-11-34(45)40-35/h5-11,18-19,22,33,39,43-44H,4,12-17,20-21,23-25H2,1-3H3,(H,40,45)/t33-/m0/s1. The fraction of sp³-hybridized carbons (Fsp3) is 0.474. The zero-order valence-electron chi connectivity index (χ0n) is 27.8. The summed E-state index contributed by atoms with van der Waals surface area (Å²) >= 11 is 1.69. The van der Waals surface area contributed by atoms with Gasteiger partial charge in [-0.1, -0.05) is 51.1 Å². The van der Waals surface area contributed by atoms with E-state index in [2.05, 4.69) is 71.2 Å². The van der Waals surface area contributed by atoms with Gasteiger partial charge in [-0.2, -0.15) is 0 Å². The quantitative estimate of drug-likeness (QED) is 0.159. The number of fused-ring (bicyclic) bond motifs is 1. The number of rotatable bonds is 10. The number of H-pyrrole nitrogens is 1. The Morgan fingerprint density at radius 1 is 1.06 bits per heavy atom. The fourth-order valence-corrected chi connectivity index (χ4v) is 8.71. The van der Waals surface area contributed by atoms with Crippen molar-refractivity contribution in [1.29, 1.82) is 0 Å². The number of piperidine rings is 2. The van der Waals surface area contributed by atoms with Gasteiger partial charge in [0, 0.05) is 47.9 Å². The maximum Gasteiger partial charge on any atom is 0.254 e. The van der Waals surface area contributed by atoms with E-state index >= 15 is 0 Å². The van der Waals surface area contributed by atoms with Gasteiger partial charge < -0.3 is 25.4 Å². The van der Waals surface area contributed by atoms with Crippen LogP contribution in [0.1, 0.15) is 78.1 Å². The number of likely N-dealkylation sites (tertiary alicyclic amines) is 2. The van der Waals surface area contributed by atoms with Crippen LogP contribution >= 0.6 is 11.3 Å². The van der Waals surface area contributed by atoms with Gasteiger partial charge in [-0.3, -0.25) is 14.5 Å². The van der Waals surface area contributed by atoms with E-state index in [1.54, 1.807) is 23.5 Å². The summed E-state index contributed by atoms with van der Waals surface area (Å²) in [4.78, 5) is 33.9. The summed E-state index contributed by atoms with van der Waals surface area (Å²) in [6.07, 6.45) is 4.43. The summed E-state index contributed by atoms with van der Waals surface area (Å²) in [5.74, 6) is 0.185. The van der Waals surface area contributed by atoms with Crippen molar-refractivity contribution in [2.24, 2.45) is 10.8 Å². The molecule has 1 amide bonds. The highest BCUT2D eigenvalue weighted by Gasteiger charge is 2.46. The highest BCUT2D eigenvalue weighted by molar-refractivity contribution is 7.10. The molecule has 0 aliphatic carbocycles. The van der Waals surface area contributed by atoms with E-state index < -0.39 is 6.10 Å². The summed E-state index contributed by atoms with van der Waals surface area (Å²) < 4.78 is 0. The highest BCUT2D eigenvalue weighted by Crippen LogP contribution is 2.47. The number of aliphatic hydroxyl groups excluding tert-OH is 1. The highest BCUT2D eigenvalue weighted by atomic mass is 32.1. The van der Waals surface area contributed by atoms with Gasteiger partial charge in [-0.25, -0.2) is 0 Å². The molecule has 4 heterocycles. The van der Waals surface area contributed by atoms with E-state index in [4.69, 9.17) is 0 Å². The number of aromatic amines is 1. The molecule has 0 bridgehead atoms. The number of aryl methyl sites for hydroxylation is 1. The van der Waals surface area contributed by atoms with Gasteiger partial charge in [0.15, 0.2) is 0 Å². The predicted molar refractivity (Wildman–Crippen MR) is 189 cm³/mol. The third kappa shape index (κ3) is 7.81. The van der Waals surface area contributed by atoms with Gasteiger partial charge in [-0.15, -0.1) is 11.3 Å². The number of nitrogens with one attached hydrogen (secondary N) is 2. The van der Waals surface area contributed by atoms with E-state index in [-0.39, 0.29) is 28.0 Å². The number of amides is 1. The van der Waals surface area contributed by atoms with Gasteiger partial charge in [-0.05, 0) is 97.5 Å². The Morgan fingerprint density at radius 3 is 2.62 bits per heavy atom. The molecule has 0 saturated carbocycles. The lowest BCUT2D eigenvalue weighted by atomic mass is 9.64. The molecule has 2 aromatic carbocycles. The summed E-state index contributed by atoms with van der Waals surface area (Å²) in [6, 6.07) is 17.1.